The van der Waals surface area contributed by atoms with Crippen LogP contribution in [-0.2, 0) is 0 Å². The lowest BCUT2D eigenvalue weighted by atomic mass is 9.13. The quantitative estimate of drug-likeness (QED) is 0.0961. The summed E-state index contributed by atoms with van der Waals surface area (Å²) in [6.07, 6.45) is 2.29. The Labute approximate surface area is 265 Å². The molecule has 0 saturated carbocycles. The number of para-hydroxylation sites is 1. The summed E-state index contributed by atoms with van der Waals surface area (Å²) < 4.78 is 2.42. The minimum absolute atomic E-state index is 0.526. The molecule has 1 heterocycles. The molecular weight excluding hydrogens is 533 g/mol. The summed E-state index contributed by atoms with van der Waals surface area (Å²) in [5.74, 6) is 0. The molecule has 4 heteroatoms. The van der Waals surface area contributed by atoms with Crippen LogP contribution in [0.15, 0.2) is 152 Å². The van der Waals surface area contributed by atoms with Crippen molar-refractivity contribution in [3.63, 3.8) is 0 Å². The van der Waals surface area contributed by atoms with Crippen molar-refractivity contribution in [3.8, 4) is 0 Å². The van der Waals surface area contributed by atoms with E-state index in [1.807, 2.05) is 0 Å². The van der Waals surface area contributed by atoms with Crippen LogP contribution in [0.1, 0.15) is 34.1 Å². The Bertz CT molecular complexity index is 1400. The highest BCUT2D eigenvalue weighted by Gasteiger charge is 2.31. The molecule has 3 nitrogen and oxygen atoms in total. The van der Waals surface area contributed by atoms with Gasteiger partial charge in [0.05, 0.1) is 24.3 Å². The summed E-state index contributed by atoms with van der Waals surface area (Å²) in [6, 6.07) is 55.2. The maximum absolute atomic E-state index is 2.42. The molecule has 6 rings (SSSR count). The van der Waals surface area contributed by atoms with E-state index in [-0.39, 0.29) is 0 Å². The maximum Gasteiger partial charge on any atom is 0.258 e. The second-order valence-corrected chi connectivity index (χ2v) is 12.2. The van der Waals surface area contributed by atoms with Gasteiger partial charge < -0.3 is 0 Å². The lowest BCUT2D eigenvalue weighted by Gasteiger charge is -2.44. The number of hydrogen-bond acceptors (Lipinski definition) is 1. The highest BCUT2D eigenvalue weighted by atomic mass is 15.6. The first-order chi connectivity index (χ1) is 21.5. The molecule has 1 aliphatic heterocycles. The molecule has 0 spiro atoms. The molecule has 5 aromatic rings. The van der Waals surface area contributed by atoms with Crippen molar-refractivity contribution in [2.24, 2.45) is 0 Å². The molecule has 44 heavy (non-hydrogen) atoms. The van der Waals surface area contributed by atoms with Crippen LogP contribution in [0.3, 0.4) is 0 Å². The normalized spacial score (nSPS) is 13.0. The minimum atomic E-state index is -1.22. The number of hydrazine groups is 1. The summed E-state index contributed by atoms with van der Waals surface area (Å²) in [5.41, 5.74) is 6.64. The SMILES string of the molecule is CC(C)[N+](=CN1CCCN1c1ccccc1)C(C)C.c1ccc([B-](c2ccccc2)(c2ccccc2)c2ccccc2)cc1. The fourth-order valence-electron chi connectivity index (χ4n) is 6.77. The van der Waals surface area contributed by atoms with Crippen molar-refractivity contribution in [2.45, 2.75) is 46.2 Å². The summed E-state index contributed by atoms with van der Waals surface area (Å²) in [6.45, 7) is 11.2. The van der Waals surface area contributed by atoms with Crippen LogP contribution < -0.4 is 26.9 Å². The molecule has 0 aliphatic carbocycles. The lowest BCUT2D eigenvalue weighted by Crippen LogP contribution is -2.74. The zero-order chi connectivity index (χ0) is 30.8. The number of nitrogens with zero attached hydrogens (tertiary/aromatic N) is 3. The average molecular weight is 580 g/mol. The fraction of sp³-hybridized carbons (Fsp3) is 0.225. The largest absolute Gasteiger partial charge is 0.262 e. The van der Waals surface area contributed by atoms with Crippen LogP contribution in [0.5, 0.6) is 0 Å². The second kappa shape index (κ2) is 14.7. The molecule has 0 N–H and O–H groups in total. The average Bonchev–Trinajstić information content (AvgIpc) is 3.55. The smallest absolute Gasteiger partial charge is 0.258 e. The molecule has 224 valence electrons. The van der Waals surface area contributed by atoms with E-state index < -0.39 is 6.15 Å². The van der Waals surface area contributed by atoms with Crippen molar-refractivity contribution in [1.29, 1.82) is 0 Å². The number of anilines is 1. The Morgan fingerprint density at radius 1 is 0.500 bits per heavy atom. The molecule has 0 amide bonds. The lowest BCUT2D eigenvalue weighted by molar-refractivity contribution is -0.587. The van der Waals surface area contributed by atoms with Crippen molar-refractivity contribution in [2.75, 3.05) is 18.1 Å². The maximum atomic E-state index is 2.42. The second-order valence-electron chi connectivity index (χ2n) is 12.2. The van der Waals surface area contributed by atoms with E-state index in [9.17, 15) is 0 Å². The van der Waals surface area contributed by atoms with Gasteiger partial charge in [0.2, 0.25) is 0 Å². The van der Waals surface area contributed by atoms with Gasteiger partial charge in [-0.2, -0.15) is 26.9 Å². The molecular formula is C40H46BN3. The first-order valence-electron chi connectivity index (χ1n) is 16.1. The standard InChI is InChI=1S/C24H20B.C16H26N3/c1-5-13-21(14-6-1)25(22-15-7-2-8-16-22,23-17-9-3-10-18-23)24-19-11-4-12-20-24;1-14(2)18(15(3)4)13-17-11-8-12-19(17)16-9-6-5-7-10-16/h1-20H;5-7,9-10,13-15H,8,11-12H2,1-4H3/q-1;+1. The van der Waals surface area contributed by atoms with Gasteiger partial charge in [0, 0.05) is 6.42 Å². The zero-order valence-corrected chi connectivity index (χ0v) is 26.7. The van der Waals surface area contributed by atoms with Gasteiger partial charge in [-0.25, -0.2) is 5.01 Å². The molecule has 5 aromatic carbocycles. The summed E-state index contributed by atoms with van der Waals surface area (Å²) in [4.78, 5) is 0. The molecule has 0 radical (unpaired) electrons. The van der Waals surface area contributed by atoms with Crippen LogP contribution >= 0.6 is 0 Å². The van der Waals surface area contributed by atoms with Crippen LogP contribution in [0.25, 0.3) is 0 Å². The Balaban J connectivity index is 0.000000182. The summed E-state index contributed by atoms with van der Waals surface area (Å²) >= 11 is 0. The van der Waals surface area contributed by atoms with E-state index in [2.05, 4.69) is 200 Å². The van der Waals surface area contributed by atoms with E-state index in [4.69, 9.17) is 0 Å². The summed E-state index contributed by atoms with van der Waals surface area (Å²) in [5, 5.41) is 4.73. The predicted octanol–water partition coefficient (Wildman–Crippen LogP) is 6.04. The van der Waals surface area contributed by atoms with E-state index >= 15 is 0 Å². The van der Waals surface area contributed by atoms with E-state index in [1.165, 1.54) is 34.0 Å². The van der Waals surface area contributed by atoms with Crippen LogP contribution in [0.2, 0.25) is 0 Å². The first kappa shape index (κ1) is 30.9. The Morgan fingerprint density at radius 3 is 1.18 bits per heavy atom. The van der Waals surface area contributed by atoms with Crippen molar-refractivity contribution < 1.29 is 4.58 Å². The Morgan fingerprint density at radius 2 is 0.841 bits per heavy atom. The van der Waals surface area contributed by atoms with Crippen LogP contribution in [-0.4, -0.2) is 47.2 Å². The third kappa shape index (κ3) is 6.81. The Kier molecular flexibility index (Phi) is 10.3. The number of rotatable bonds is 8. The molecule has 0 unspecified atom stereocenters. The highest BCUT2D eigenvalue weighted by molar-refractivity contribution is 7.19. The molecule has 1 fully saturated rings. The fourth-order valence-corrected chi connectivity index (χ4v) is 6.77. The van der Waals surface area contributed by atoms with Crippen molar-refractivity contribution >= 4 is 40.0 Å². The van der Waals surface area contributed by atoms with Crippen molar-refractivity contribution in [3.05, 3.63) is 152 Å². The van der Waals surface area contributed by atoms with Gasteiger partial charge in [-0.15, -0.1) is 0 Å². The third-order valence-corrected chi connectivity index (χ3v) is 8.78. The van der Waals surface area contributed by atoms with Crippen LogP contribution in [0, 0.1) is 0 Å². The van der Waals surface area contributed by atoms with Gasteiger partial charge in [-0.3, -0.25) is 4.58 Å². The molecule has 0 atom stereocenters. The zero-order valence-electron chi connectivity index (χ0n) is 26.7. The van der Waals surface area contributed by atoms with E-state index in [0.717, 1.165) is 13.1 Å². The van der Waals surface area contributed by atoms with Gasteiger partial charge in [0.1, 0.15) is 12.7 Å². The van der Waals surface area contributed by atoms with E-state index in [1.54, 1.807) is 0 Å². The van der Waals surface area contributed by atoms with E-state index in [0.29, 0.717) is 12.1 Å². The van der Waals surface area contributed by atoms with Gasteiger partial charge >= 0.3 is 0 Å². The molecule has 0 aromatic heterocycles. The van der Waals surface area contributed by atoms with Crippen molar-refractivity contribution in [1.82, 2.24) is 5.01 Å². The van der Waals surface area contributed by atoms with Crippen LogP contribution in [0.4, 0.5) is 5.69 Å². The molecule has 0 bridgehead atoms. The molecule has 1 saturated heterocycles. The molecule has 1 aliphatic rings. The highest BCUT2D eigenvalue weighted by Crippen LogP contribution is 2.20. The Hall–Kier alpha value is -4.57. The topological polar surface area (TPSA) is 9.49 Å². The number of hydrogen-bond donors (Lipinski definition) is 0. The minimum Gasteiger partial charge on any atom is -0.262 e. The summed E-state index contributed by atoms with van der Waals surface area (Å²) in [7, 11) is 0. The van der Waals surface area contributed by atoms with Gasteiger partial charge in [0.15, 0.2) is 0 Å². The monoisotopic (exact) mass is 579 g/mol. The number of benzene rings is 5. The van der Waals surface area contributed by atoms with Gasteiger partial charge in [-0.1, -0.05) is 140 Å². The third-order valence-electron chi connectivity index (χ3n) is 8.78. The first-order valence-corrected chi connectivity index (χ1v) is 16.1. The van der Waals surface area contributed by atoms with Gasteiger partial charge in [-0.05, 0) is 39.8 Å². The predicted molar refractivity (Wildman–Crippen MR) is 192 cm³/mol. The van der Waals surface area contributed by atoms with Gasteiger partial charge in [0.25, 0.3) is 6.34 Å².